The van der Waals surface area contributed by atoms with Crippen molar-refractivity contribution in [1.29, 1.82) is 0 Å². The van der Waals surface area contributed by atoms with E-state index in [0.717, 1.165) is 19.5 Å². The zero-order chi connectivity index (χ0) is 13.3. The van der Waals surface area contributed by atoms with E-state index in [-0.39, 0.29) is 17.3 Å². The summed E-state index contributed by atoms with van der Waals surface area (Å²) in [6.07, 6.45) is 1.02. The molecular weight excluding hydrogens is 231 g/mol. The van der Waals surface area contributed by atoms with Gasteiger partial charge in [-0.05, 0) is 42.5 Å². The molecule has 2 rings (SSSR count). The molecule has 3 nitrogen and oxygen atoms in total. The topological polar surface area (TPSA) is 32.3 Å². The molecule has 1 aromatic carbocycles. The average molecular weight is 250 g/mol. The number of anilines is 1. The number of urea groups is 1. The molecule has 1 aromatic rings. The number of halogens is 1. The predicted octanol–water partition coefficient (Wildman–Crippen LogP) is 3.40. The van der Waals surface area contributed by atoms with Crippen molar-refractivity contribution in [2.75, 3.05) is 18.4 Å². The fraction of sp³-hybridized carbons (Fsp3) is 0.500. The van der Waals surface area contributed by atoms with Crippen LogP contribution in [-0.2, 0) is 0 Å². The van der Waals surface area contributed by atoms with Crippen molar-refractivity contribution in [1.82, 2.24) is 4.90 Å². The Bertz CT molecular complexity index is 471. The predicted molar refractivity (Wildman–Crippen MR) is 70.1 cm³/mol. The highest BCUT2D eigenvalue weighted by Gasteiger charge is 2.31. The zero-order valence-electron chi connectivity index (χ0n) is 11.1. The van der Waals surface area contributed by atoms with Crippen LogP contribution < -0.4 is 5.32 Å². The Hall–Kier alpha value is -1.58. The summed E-state index contributed by atoms with van der Waals surface area (Å²) in [5, 5.41) is 2.81. The van der Waals surface area contributed by atoms with E-state index in [1.165, 1.54) is 6.07 Å². The highest BCUT2D eigenvalue weighted by Crippen LogP contribution is 2.29. The first-order valence-electron chi connectivity index (χ1n) is 6.19. The number of hydrogen-bond acceptors (Lipinski definition) is 1. The standard InChI is InChI=1S/C14H19FN2O/c1-10-8-11(4-5-12(10)15)16-13(18)17-7-6-14(2,3)9-17/h4-5,8H,6-7,9H2,1-3H3,(H,16,18). The lowest BCUT2D eigenvalue weighted by Gasteiger charge is -2.20. The van der Waals surface area contributed by atoms with Crippen molar-refractivity contribution in [3.8, 4) is 0 Å². The Morgan fingerprint density at radius 3 is 2.72 bits per heavy atom. The monoisotopic (exact) mass is 250 g/mol. The van der Waals surface area contributed by atoms with Crippen molar-refractivity contribution in [2.24, 2.45) is 5.41 Å². The van der Waals surface area contributed by atoms with Crippen molar-refractivity contribution >= 4 is 11.7 Å². The number of amides is 2. The summed E-state index contributed by atoms with van der Waals surface area (Å²) in [6, 6.07) is 4.50. The van der Waals surface area contributed by atoms with Crippen LogP contribution in [0.1, 0.15) is 25.8 Å². The normalized spacial score (nSPS) is 17.9. The number of carbonyl (C=O) groups excluding carboxylic acids is 1. The largest absolute Gasteiger partial charge is 0.324 e. The Morgan fingerprint density at radius 1 is 1.44 bits per heavy atom. The van der Waals surface area contributed by atoms with Gasteiger partial charge >= 0.3 is 6.03 Å². The summed E-state index contributed by atoms with van der Waals surface area (Å²) >= 11 is 0. The number of nitrogens with zero attached hydrogens (tertiary/aromatic N) is 1. The van der Waals surface area contributed by atoms with Gasteiger partial charge in [0.05, 0.1) is 0 Å². The molecule has 1 fully saturated rings. The highest BCUT2D eigenvalue weighted by atomic mass is 19.1. The van der Waals surface area contributed by atoms with E-state index in [1.54, 1.807) is 24.0 Å². The minimum absolute atomic E-state index is 0.105. The maximum absolute atomic E-state index is 13.1. The van der Waals surface area contributed by atoms with Gasteiger partial charge in [-0.2, -0.15) is 0 Å². The summed E-state index contributed by atoms with van der Waals surface area (Å²) in [4.78, 5) is 13.8. The van der Waals surface area contributed by atoms with Gasteiger partial charge in [-0.15, -0.1) is 0 Å². The lowest BCUT2D eigenvalue weighted by atomic mass is 9.93. The first kappa shape index (κ1) is 12.9. The number of nitrogens with one attached hydrogen (secondary N) is 1. The van der Waals surface area contributed by atoms with Crippen LogP contribution >= 0.6 is 0 Å². The number of hydrogen-bond donors (Lipinski definition) is 1. The molecule has 1 N–H and O–H groups in total. The summed E-state index contributed by atoms with van der Waals surface area (Å²) in [5.41, 5.74) is 1.37. The van der Waals surface area contributed by atoms with E-state index in [1.807, 2.05) is 0 Å². The Morgan fingerprint density at radius 2 is 2.17 bits per heavy atom. The molecule has 1 saturated heterocycles. The van der Waals surface area contributed by atoms with Gasteiger partial charge < -0.3 is 10.2 Å². The van der Waals surface area contributed by atoms with Crippen LogP contribution in [0.25, 0.3) is 0 Å². The van der Waals surface area contributed by atoms with E-state index in [2.05, 4.69) is 19.2 Å². The molecule has 1 aliphatic heterocycles. The minimum Gasteiger partial charge on any atom is -0.324 e. The van der Waals surface area contributed by atoms with E-state index < -0.39 is 0 Å². The number of likely N-dealkylation sites (tertiary alicyclic amines) is 1. The molecule has 0 spiro atoms. The molecule has 1 heterocycles. The molecule has 0 saturated carbocycles. The second-order valence-corrected chi connectivity index (χ2v) is 5.73. The molecule has 98 valence electrons. The van der Waals surface area contributed by atoms with Gasteiger partial charge in [0.1, 0.15) is 5.82 Å². The number of rotatable bonds is 1. The van der Waals surface area contributed by atoms with Crippen LogP contribution in [0.5, 0.6) is 0 Å². The highest BCUT2D eigenvalue weighted by molar-refractivity contribution is 5.89. The van der Waals surface area contributed by atoms with Crippen molar-refractivity contribution < 1.29 is 9.18 Å². The Kier molecular flexibility index (Phi) is 3.28. The van der Waals surface area contributed by atoms with Gasteiger partial charge in [0.25, 0.3) is 0 Å². The van der Waals surface area contributed by atoms with E-state index >= 15 is 0 Å². The van der Waals surface area contributed by atoms with E-state index in [0.29, 0.717) is 11.3 Å². The summed E-state index contributed by atoms with van der Waals surface area (Å²) in [5.74, 6) is -0.254. The second kappa shape index (κ2) is 4.59. The third-order valence-corrected chi connectivity index (χ3v) is 3.37. The molecule has 4 heteroatoms. The molecule has 0 bridgehead atoms. The lowest BCUT2D eigenvalue weighted by Crippen LogP contribution is -2.34. The summed E-state index contributed by atoms with van der Waals surface area (Å²) in [7, 11) is 0. The molecule has 2 amide bonds. The molecule has 1 aliphatic rings. The molecule has 0 unspecified atom stereocenters. The molecule has 0 radical (unpaired) electrons. The minimum atomic E-state index is -0.254. The van der Waals surface area contributed by atoms with Crippen molar-refractivity contribution in [3.05, 3.63) is 29.6 Å². The van der Waals surface area contributed by atoms with Gasteiger partial charge in [0.15, 0.2) is 0 Å². The lowest BCUT2D eigenvalue weighted by molar-refractivity contribution is 0.217. The van der Waals surface area contributed by atoms with E-state index in [4.69, 9.17) is 0 Å². The molecular formula is C14H19FN2O. The maximum atomic E-state index is 13.1. The smallest absolute Gasteiger partial charge is 0.321 e. The molecule has 18 heavy (non-hydrogen) atoms. The third-order valence-electron chi connectivity index (χ3n) is 3.37. The quantitative estimate of drug-likeness (QED) is 0.814. The molecule has 0 aromatic heterocycles. The van der Waals surface area contributed by atoms with Crippen LogP contribution in [0, 0.1) is 18.2 Å². The van der Waals surface area contributed by atoms with Gasteiger partial charge in [-0.3, -0.25) is 0 Å². The first-order chi connectivity index (χ1) is 8.37. The fourth-order valence-corrected chi connectivity index (χ4v) is 2.21. The van der Waals surface area contributed by atoms with Crippen LogP contribution in [0.3, 0.4) is 0 Å². The zero-order valence-corrected chi connectivity index (χ0v) is 11.1. The summed E-state index contributed by atoms with van der Waals surface area (Å²) < 4.78 is 13.1. The SMILES string of the molecule is Cc1cc(NC(=O)N2CCC(C)(C)C2)ccc1F. The van der Waals surface area contributed by atoms with Gasteiger partial charge in [0, 0.05) is 18.8 Å². The van der Waals surface area contributed by atoms with Crippen LogP contribution in [0.4, 0.5) is 14.9 Å². The molecule has 0 aliphatic carbocycles. The van der Waals surface area contributed by atoms with Gasteiger partial charge in [-0.1, -0.05) is 13.8 Å². The maximum Gasteiger partial charge on any atom is 0.321 e. The summed E-state index contributed by atoms with van der Waals surface area (Å²) in [6.45, 7) is 7.53. The van der Waals surface area contributed by atoms with Gasteiger partial charge in [0.2, 0.25) is 0 Å². The second-order valence-electron chi connectivity index (χ2n) is 5.73. The number of aryl methyl sites for hydroxylation is 1. The number of benzene rings is 1. The van der Waals surface area contributed by atoms with Crippen molar-refractivity contribution in [2.45, 2.75) is 27.2 Å². The van der Waals surface area contributed by atoms with Crippen LogP contribution in [0.2, 0.25) is 0 Å². The Labute approximate surface area is 107 Å². The van der Waals surface area contributed by atoms with Crippen molar-refractivity contribution in [3.63, 3.8) is 0 Å². The first-order valence-corrected chi connectivity index (χ1v) is 6.19. The third kappa shape index (κ3) is 2.81. The number of carbonyl (C=O) groups is 1. The van der Waals surface area contributed by atoms with Crippen LogP contribution in [-0.4, -0.2) is 24.0 Å². The van der Waals surface area contributed by atoms with Crippen LogP contribution in [0.15, 0.2) is 18.2 Å². The Balaban J connectivity index is 2.01. The van der Waals surface area contributed by atoms with E-state index in [9.17, 15) is 9.18 Å². The fourth-order valence-electron chi connectivity index (χ4n) is 2.21. The average Bonchev–Trinajstić information content (AvgIpc) is 2.64. The van der Waals surface area contributed by atoms with Gasteiger partial charge in [-0.25, -0.2) is 9.18 Å². The molecule has 0 atom stereocenters.